The minimum Gasteiger partial charge on any atom is -0.369 e. The SMILES string of the molecule is Nc1nc2c(C(F)(F)F)cccc2n1-c1cc(C(F)(F)F)cc(C(F)(F)F)c1. The van der Waals surface area contributed by atoms with Crippen LogP contribution < -0.4 is 5.73 Å². The predicted molar refractivity (Wildman–Crippen MR) is 80.5 cm³/mol. The fourth-order valence-corrected chi connectivity index (χ4v) is 2.68. The van der Waals surface area contributed by atoms with Crippen LogP contribution in [0.15, 0.2) is 36.4 Å². The van der Waals surface area contributed by atoms with Crippen molar-refractivity contribution in [2.45, 2.75) is 18.5 Å². The fourth-order valence-electron chi connectivity index (χ4n) is 2.68. The lowest BCUT2D eigenvalue weighted by atomic mass is 10.1. The van der Waals surface area contributed by atoms with E-state index in [0.717, 1.165) is 12.1 Å². The number of hydrogen-bond donors (Lipinski definition) is 1. The summed E-state index contributed by atoms with van der Waals surface area (Å²) in [5.74, 6) is -0.695. The number of nitrogens with zero attached hydrogens (tertiary/aromatic N) is 2. The van der Waals surface area contributed by atoms with Crippen LogP contribution in [0, 0.1) is 0 Å². The van der Waals surface area contributed by atoms with Gasteiger partial charge in [0.25, 0.3) is 0 Å². The van der Waals surface area contributed by atoms with Crippen molar-refractivity contribution in [3.05, 3.63) is 53.1 Å². The van der Waals surface area contributed by atoms with Gasteiger partial charge in [0.15, 0.2) is 0 Å². The van der Waals surface area contributed by atoms with Gasteiger partial charge in [-0.25, -0.2) is 4.98 Å². The zero-order valence-corrected chi connectivity index (χ0v) is 13.3. The van der Waals surface area contributed by atoms with Gasteiger partial charge < -0.3 is 5.73 Å². The molecule has 0 saturated heterocycles. The highest BCUT2D eigenvalue weighted by Crippen LogP contribution is 2.40. The van der Waals surface area contributed by atoms with E-state index in [1.54, 1.807) is 0 Å². The molecule has 1 aromatic heterocycles. The summed E-state index contributed by atoms with van der Waals surface area (Å²) in [6.45, 7) is 0. The van der Waals surface area contributed by atoms with Gasteiger partial charge in [0.1, 0.15) is 5.52 Å². The lowest BCUT2D eigenvalue weighted by Gasteiger charge is -2.16. The highest BCUT2D eigenvalue weighted by Gasteiger charge is 2.38. The Morgan fingerprint density at radius 2 is 1.29 bits per heavy atom. The maximum atomic E-state index is 13.1. The van der Waals surface area contributed by atoms with Crippen molar-refractivity contribution in [2.24, 2.45) is 0 Å². The molecule has 2 aromatic carbocycles. The third kappa shape index (κ3) is 3.45. The van der Waals surface area contributed by atoms with Crippen molar-refractivity contribution in [2.75, 3.05) is 5.73 Å². The van der Waals surface area contributed by atoms with Crippen LogP contribution in [-0.4, -0.2) is 9.55 Å². The van der Waals surface area contributed by atoms with E-state index in [0.29, 0.717) is 22.8 Å². The molecule has 0 spiro atoms. The van der Waals surface area contributed by atoms with Crippen LogP contribution >= 0.6 is 0 Å². The van der Waals surface area contributed by atoms with Crippen LogP contribution in [0.5, 0.6) is 0 Å². The van der Waals surface area contributed by atoms with Gasteiger partial charge in [-0.3, -0.25) is 4.57 Å². The minimum atomic E-state index is -5.13. The van der Waals surface area contributed by atoms with Crippen LogP contribution in [0.2, 0.25) is 0 Å². The van der Waals surface area contributed by atoms with Crippen LogP contribution in [0.4, 0.5) is 45.5 Å². The Balaban J connectivity index is 2.36. The average Bonchev–Trinajstić information content (AvgIpc) is 2.87. The second kappa shape index (κ2) is 6.04. The number of nitrogen functional groups attached to an aromatic ring is 1. The Kier molecular flexibility index (Phi) is 4.28. The molecule has 0 fully saturated rings. The van der Waals surface area contributed by atoms with E-state index >= 15 is 0 Å². The molecule has 0 amide bonds. The van der Waals surface area contributed by atoms with Crippen LogP contribution in [0.3, 0.4) is 0 Å². The molecule has 12 heteroatoms. The van der Waals surface area contributed by atoms with E-state index in [2.05, 4.69) is 4.98 Å². The third-order valence-electron chi connectivity index (χ3n) is 3.85. The monoisotopic (exact) mass is 413 g/mol. The van der Waals surface area contributed by atoms with Gasteiger partial charge in [-0.05, 0) is 30.3 Å². The van der Waals surface area contributed by atoms with E-state index in [1.165, 1.54) is 0 Å². The molecule has 28 heavy (non-hydrogen) atoms. The van der Waals surface area contributed by atoms with E-state index in [4.69, 9.17) is 5.73 Å². The van der Waals surface area contributed by atoms with Crippen LogP contribution in [-0.2, 0) is 18.5 Å². The van der Waals surface area contributed by atoms with Crippen molar-refractivity contribution in [1.29, 1.82) is 0 Å². The number of rotatable bonds is 1. The number of aromatic nitrogens is 2. The molecule has 0 aliphatic rings. The standard InChI is InChI=1S/C16H8F9N3/c17-14(18,19)7-4-8(15(20,21)22)6-9(5-7)28-11-3-1-2-10(16(23,24)25)12(11)27-13(28)26/h1-6H,(H2,26,27). The van der Waals surface area contributed by atoms with E-state index in [-0.39, 0.29) is 11.6 Å². The molecule has 0 aliphatic carbocycles. The number of hydrogen-bond acceptors (Lipinski definition) is 2. The molecule has 0 unspecified atom stereocenters. The zero-order valence-electron chi connectivity index (χ0n) is 13.3. The highest BCUT2D eigenvalue weighted by atomic mass is 19.4. The third-order valence-corrected chi connectivity index (χ3v) is 3.85. The molecule has 2 N–H and O–H groups in total. The molecule has 3 aromatic rings. The Hall–Kier alpha value is -2.92. The smallest absolute Gasteiger partial charge is 0.369 e. The summed E-state index contributed by atoms with van der Waals surface area (Å²) in [6, 6.07) is 3.29. The van der Waals surface area contributed by atoms with E-state index in [1.807, 2.05) is 0 Å². The first-order chi connectivity index (χ1) is 12.7. The number of benzene rings is 2. The van der Waals surface area contributed by atoms with Crippen molar-refractivity contribution >= 4 is 17.0 Å². The maximum Gasteiger partial charge on any atom is 0.418 e. The molecule has 1 heterocycles. The summed E-state index contributed by atoms with van der Waals surface area (Å²) in [5.41, 5.74) is -0.759. The average molecular weight is 413 g/mol. The van der Waals surface area contributed by atoms with Crippen molar-refractivity contribution in [1.82, 2.24) is 9.55 Å². The van der Waals surface area contributed by atoms with Gasteiger partial charge in [-0.2, -0.15) is 39.5 Å². The topological polar surface area (TPSA) is 43.8 Å². The number of para-hydroxylation sites is 1. The molecule has 0 aliphatic heterocycles. The number of alkyl halides is 9. The Labute approximate surface area is 150 Å². The Bertz CT molecular complexity index is 1010. The second-order valence-corrected chi connectivity index (χ2v) is 5.74. The summed E-state index contributed by atoms with van der Waals surface area (Å²) in [6.07, 6.45) is -15.1. The van der Waals surface area contributed by atoms with Gasteiger partial charge in [0, 0.05) is 0 Å². The molecule has 3 rings (SSSR count). The quantitative estimate of drug-likeness (QED) is 0.523. The predicted octanol–water partition coefficient (Wildman–Crippen LogP) is 5.66. The van der Waals surface area contributed by atoms with Gasteiger partial charge in [-0.15, -0.1) is 0 Å². The number of halogens is 9. The summed E-state index contributed by atoms with van der Waals surface area (Å²) in [5, 5.41) is 0. The molecule has 0 radical (unpaired) electrons. The number of imidazole rings is 1. The number of anilines is 1. The lowest BCUT2D eigenvalue weighted by molar-refractivity contribution is -0.143. The zero-order chi connectivity index (χ0) is 21.1. The van der Waals surface area contributed by atoms with Crippen molar-refractivity contribution in [3.63, 3.8) is 0 Å². The fraction of sp³-hybridized carbons (Fsp3) is 0.188. The van der Waals surface area contributed by atoms with Gasteiger partial charge >= 0.3 is 18.5 Å². The van der Waals surface area contributed by atoms with Gasteiger partial charge in [0.2, 0.25) is 5.95 Å². The minimum absolute atomic E-state index is 0.0973. The van der Waals surface area contributed by atoms with Crippen LogP contribution in [0.25, 0.3) is 16.7 Å². The van der Waals surface area contributed by atoms with Crippen molar-refractivity contribution in [3.8, 4) is 5.69 Å². The first kappa shape index (κ1) is 19.8. The molecular weight excluding hydrogens is 405 g/mol. The maximum absolute atomic E-state index is 13.1. The van der Waals surface area contributed by atoms with Gasteiger partial charge in [-0.1, -0.05) is 6.07 Å². The normalized spacial score (nSPS) is 13.3. The first-order valence-corrected chi connectivity index (χ1v) is 7.33. The van der Waals surface area contributed by atoms with E-state index in [9.17, 15) is 39.5 Å². The molecule has 0 bridgehead atoms. The summed E-state index contributed by atoms with van der Waals surface area (Å²) < 4.78 is 118. The second-order valence-electron chi connectivity index (χ2n) is 5.74. The molecular formula is C16H8F9N3. The highest BCUT2D eigenvalue weighted by molar-refractivity contribution is 5.84. The Morgan fingerprint density at radius 1 is 0.750 bits per heavy atom. The summed E-state index contributed by atoms with van der Waals surface area (Å²) >= 11 is 0. The molecule has 0 saturated carbocycles. The summed E-state index contributed by atoms with van der Waals surface area (Å²) in [7, 11) is 0. The van der Waals surface area contributed by atoms with Gasteiger partial charge in [0.05, 0.1) is 27.9 Å². The molecule has 150 valence electrons. The first-order valence-electron chi connectivity index (χ1n) is 7.33. The molecule has 0 atom stereocenters. The van der Waals surface area contributed by atoms with Crippen molar-refractivity contribution < 1.29 is 39.5 Å². The Morgan fingerprint density at radius 3 is 1.75 bits per heavy atom. The van der Waals surface area contributed by atoms with Crippen LogP contribution in [0.1, 0.15) is 16.7 Å². The largest absolute Gasteiger partial charge is 0.418 e. The van der Waals surface area contributed by atoms with E-state index < -0.39 is 52.4 Å². The lowest BCUT2D eigenvalue weighted by Crippen LogP contribution is -2.13. The number of fused-ring (bicyclic) bond motifs is 1. The molecule has 3 nitrogen and oxygen atoms in total. The number of nitrogens with two attached hydrogens (primary N) is 1. The summed E-state index contributed by atoms with van der Waals surface area (Å²) in [4.78, 5) is 3.50.